The van der Waals surface area contributed by atoms with Gasteiger partial charge >= 0.3 is 103 Å². The Balaban J connectivity index is -0.000000301. The van der Waals surface area contributed by atoms with Crippen molar-refractivity contribution in [2.75, 3.05) is 0 Å². The molecular weight excluding hydrogens is 318 g/mol. The maximum atomic E-state index is 2.30. The van der Waals surface area contributed by atoms with Gasteiger partial charge in [-0.2, -0.15) is 0 Å². The molecule has 0 unspecified atom stereocenters. The van der Waals surface area contributed by atoms with Crippen LogP contribution in [0.3, 0.4) is 0 Å². The molecule has 22 heavy (non-hydrogen) atoms. The Kier molecular flexibility index (Phi) is 39.6. The minimum Gasteiger partial charge on any atom is -1.00 e. The number of hydrogen-bond donors (Lipinski definition) is 0. The largest absolute Gasteiger partial charge is 1.00 e. The van der Waals surface area contributed by atoms with Gasteiger partial charge in [0.1, 0.15) is 0 Å². The van der Waals surface area contributed by atoms with Crippen LogP contribution in [0.25, 0.3) is 0 Å². The molecule has 0 spiro atoms. The van der Waals surface area contributed by atoms with Crippen molar-refractivity contribution in [2.24, 2.45) is 0 Å². The van der Waals surface area contributed by atoms with Crippen LogP contribution in [0.2, 0.25) is 0 Å². The van der Waals surface area contributed by atoms with Gasteiger partial charge in [0.25, 0.3) is 0 Å². The van der Waals surface area contributed by atoms with Gasteiger partial charge in [-0.05, 0) is 0 Å². The van der Waals surface area contributed by atoms with E-state index < -0.39 is 0 Å². The normalized spacial score (nSPS) is 10.1. The minimum atomic E-state index is 0. The molecule has 0 saturated carbocycles. The van der Waals surface area contributed by atoms with Crippen LogP contribution in [-0.2, 0) is 0 Å². The van der Waals surface area contributed by atoms with Crippen LogP contribution in [0, 0.1) is 0 Å². The Bertz CT molecular complexity index is 152. The molecule has 0 atom stereocenters. The van der Waals surface area contributed by atoms with E-state index in [-0.39, 0.29) is 106 Å². The molecule has 0 aliphatic carbocycles. The van der Waals surface area contributed by atoms with Crippen LogP contribution in [0.4, 0.5) is 0 Å². The fourth-order valence-electron chi connectivity index (χ4n) is 2.97. The Morgan fingerprint density at radius 1 is 0.318 bits per heavy atom. The van der Waals surface area contributed by atoms with Crippen molar-refractivity contribution in [1.29, 1.82) is 0 Å². The first kappa shape index (κ1) is 30.0. The molecule has 0 amide bonds. The molecule has 0 aliphatic rings. The molecule has 0 radical (unpaired) electrons. The topological polar surface area (TPSA) is 0 Å². The number of rotatable bonds is 17. The quantitative estimate of drug-likeness (QED) is 0.275. The van der Waals surface area contributed by atoms with Gasteiger partial charge in [0.05, 0.1) is 0 Å². The zero-order chi connectivity index (χ0) is 14.7. The van der Waals surface area contributed by atoms with Gasteiger partial charge in [0.15, 0.2) is 0 Å². The van der Waals surface area contributed by atoms with E-state index in [0.717, 1.165) is 0 Å². The molecule has 126 valence electrons. The smallest absolute Gasteiger partial charge is 1.00 e. The maximum absolute atomic E-state index is 2.30. The van der Waals surface area contributed by atoms with E-state index in [9.17, 15) is 0 Å². The van der Waals surface area contributed by atoms with Gasteiger partial charge in [0, 0.05) is 0 Å². The number of unbranched alkanes of at least 4 members (excludes halogenated alkanes) is 17. The molecule has 0 aromatic heterocycles. The predicted octanol–water partition coefficient (Wildman–Crippen LogP) is 2.28. The third kappa shape index (κ3) is 28.1. The van der Waals surface area contributed by atoms with E-state index in [2.05, 4.69) is 13.8 Å². The molecule has 2 heteroatoms. The standard InChI is InChI=1S/C20H42.2K.2H/c1-3-5-7-9-11-13-15-17-19-20-18-16-14-12-10-8-6-4-2;;;;/h3-20H2,1-2H3;;;;/q;2*+1;2*-1. The zero-order valence-corrected chi connectivity index (χ0v) is 23.0. The van der Waals surface area contributed by atoms with Crippen LogP contribution in [-0.4, -0.2) is 0 Å². The first-order valence-electron chi connectivity index (χ1n) is 9.91. The second-order valence-corrected chi connectivity index (χ2v) is 6.66. The first-order valence-corrected chi connectivity index (χ1v) is 9.91. The van der Waals surface area contributed by atoms with Crippen molar-refractivity contribution in [3.8, 4) is 0 Å². The summed E-state index contributed by atoms with van der Waals surface area (Å²) in [6.45, 7) is 4.59. The molecule has 0 nitrogen and oxygen atoms in total. The Morgan fingerprint density at radius 3 is 0.591 bits per heavy atom. The summed E-state index contributed by atoms with van der Waals surface area (Å²) in [5, 5.41) is 0. The van der Waals surface area contributed by atoms with Gasteiger partial charge in [-0.15, -0.1) is 0 Å². The van der Waals surface area contributed by atoms with Gasteiger partial charge in [0.2, 0.25) is 0 Å². The molecular formula is C20H44K2. The summed E-state index contributed by atoms with van der Waals surface area (Å²) in [6, 6.07) is 0. The van der Waals surface area contributed by atoms with Gasteiger partial charge < -0.3 is 2.85 Å². The van der Waals surface area contributed by atoms with Crippen molar-refractivity contribution in [3.63, 3.8) is 0 Å². The first-order chi connectivity index (χ1) is 9.91. The monoisotopic (exact) mass is 362 g/mol. The molecule has 0 saturated heterocycles. The van der Waals surface area contributed by atoms with Gasteiger partial charge in [-0.3, -0.25) is 0 Å². The molecule has 0 N–H and O–H groups in total. The average Bonchev–Trinajstić information content (AvgIpc) is 2.47. The second-order valence-electron chi connectivity index (χ2n) is 6.66. The van der Waals surface area contributed by atoms with E-state index in [1.165, 1.54) is 116 Å². The minimum absolute atomic E-state index is 0. The van der Waals surface area contributed by atoms with E-state index in [0.29, 0.717) is 0 Å². The van der Waals surface area contributed by atoms with Crippen LogP contribution >= 0.6 is 0 Å². The molecule has 0 bridgehead atoms. The summed E-state index contributed by atoms with van der Waals surface area (Å²) in [4.78, 5) is 0. The maximum Gasteiger partial charge on any atom is 1.00 e. The summed E-state index contributed by atoms with van der Waals surface area (Å²) in [5.74, 6) is 0. The Hall–Kier alpha value is 3.27. The third-order valence-corrected chi connectivity index (χ3v) is 4.46. The number of hydrogen-bond acceptors (Lipinski definition) is 0. The molecule has 0 rings (SSSR count). The van der Waals surface area contributed by atoms with Crippen LogP contribution in [0.15, 0.2) is 0 Å². The van der Waals surface area contributed by atoms with Gasteiger partial charge in [-0.25, -0.2) is 0 Å². The van der Waals surface area contributed by atoms with E-state index >= 15 is 0 Å². The zero-order valence-electron chi connectivity index (χ0n) is 18.7. The van der Waals surface area contributed by atoms with Crippen LogP contribution < -0.4 is 103 Å². The second kappa shape index (κ2) is 29.1. The molecule has 0 aromatic carbocycles. The third-order valence-electron chi connectivity index (χ3n) is 4.46. The molecule has 0 heterocycles. The Morgan fingerprint density at radius 2 is 0.455 bits per heavy atom. The average molecular weight is 363 g/mol. The van der Waals surface area contributed by atoms with Crippen molar-refractivity contribution in [1.82, 2.24) is 0 Å². The van der Waals surface area contributed by atoms with Crippen LogP contribution in [0.5, 0.6) is 0 Å². The van der Waals surface area contributed by atoms with Gasteiger partial charge in [-0.1, -0.05) is 129 Å². The van der Waals surface area contributed by atoms with Crippen molar-refractivity contribution < 1.29 is 106 Å². The summed E-state index contributed by atoms with van der Waals surface area (Å²) >= 11 is 0. The van der Waals surface area contributed by atoms with E-state index in [1.807, 2.05) is 0 Å². The van der Waals surface area contributed by atoms with Crippen molar-refractivity contribution in [2.45, 2.75) is 129 Å². The Labute approximate surface area is 230 Å². The fourth-order valence-corrected chi connectivity index (χ4v) is 2.97. The fraction of sp³-hybridized carbons (Fsp3) is 1.00. The van der Waals surface area contributed by atoms with E-state index in [4.69, 9.17) is 0 Å². The van der Waals surface area contributed by atoms with E-state index in [1.54, 1.807) is 0 Å². The SMILES string of the molecule is CCCCCCCCCCCCCCCCCCCC.[H-].[H-].[K+].[K+]. The predicted molar refractivity (Wildman–Crippen MR) is 96.7 cm³/mol. The summed E-state index contributed by atoms with van der Waals surface area (Å²) in [7, 11) is 0. The molecule has 0 aliphatic heterocycles. The molecule has 0 fully saturated rings. The van der Waals surface area contributed by atoms with Crippen molar-refractivity contribution in [3.05, 3.63) is 0 Å². The van der Waals surface area contributed by atoms with Crippen LogP contribution in [0.1, 0.15) is 132 Å². The van der Waals surface area contributed by atoms with Crippen molar-refractivity contribution >= 4 is 0 Å². The summed E-state index contributed by atoms with van der Waals surface area (Å²) < 4.78 is 0. The summed E-state index contributed by atoms with van der Waals surface area (Å²) in [5.41, 5.74) is 0. The molecule has 0 aromatic rings. The summed E-state index contributed by atoms with van der Waals surface area (Å²) in [6.07, 6.45) is 26.4.